The Kier molecular flexibility index (Phi) is 4.96. The summed E-state index contributed by atoms with van der Waals surface area (Å²) in [4.78, 5) is 17.8. The minimum Gasteiger partial charge on any atom is -0.355 e. The van der Waals surface area contributed by atoms with Gasteiger partial charge in [-0.15, -0.1) is 11.8 Å². The van der Waals surface area contributed by atoms with Gasteiger partial charge in [-0.25, -0.2) is 4.98 Å². The Hall–Kier alpha value is -2.59. The van der Waals surface area contributed by atoms with Gasteiger partial charge in [0, 0.05) is 29.8 Å². The number of nitro groups is 1. The van der Waals surface area contributed by atoms with Gasteiger partial charge in [0.1, 0.15) is 23.6 Å². The normalized spacial score (nSPS) is 16.8. The maximum absolute atomic E-state index is 10.8. The molecule has 2 heterocycles. The number of hydrogen-bond acceptors (Lipinski definition) is 6. The van der Waals surface area contributed by atoms with E-state index in [1.165, 1.54) is 17.2 Å². The molecule has 1 aliphatic rings. The van der Waals surface area contributed by atoms with E-state index in [9.17, 15) is 15.4 Å². The van der Waals surface area contributed by atoms with Crippen LogP contribution in [-0.2, 0) is 0 Å². The molecule has 1 aromatic carbocycles. The number of benzene rings is 1. The van der Waals surface area contributed by atoms with E-state index in [1.807, 2.05) is 36.0 Å². The van der Waals surface area contributed by atoms with E-state index in [1.54, 1.807) is 0 Å². The molecule has 0 amide bonds. The average Bonchev–Trinajstić information content (AvgIpc) is 3.09. The lowest BCUT2D eigenvalue weighted by Crippen LogP contribution is -2.22. The van der Waals surface area contributed by atoms with E-state index in [-0.39, 0.29) is 11.3 Å². The molecule has 2 aromatic rings. The molecule has 1 fully saturated rings. The summed E-state index contributed by atoms with van der Waals surface area (Å²) in [6, 6.07) is 13.6. The van der Waals surface area contributed by atoms with E-state index in [4.69, 9.17) is 0 Å². The van der Waals surface area contributed by atoms with E-state index in [0.717, 1.165) is 25.3 Å². The smallest absolute Gasteiger partial charge is 0.289 e. The van der Waals surface area contributed by atoms with Crippen LogP contribution in [0.4, 0.5) is 11.5 Å². The van der Waals surface area contributed by atoms with Crippen LogP contribution >= 0.6 is 11.8 Å². The molecule has 0 bridgehead atoms. The van der Waals surface area contributed by atoms with E-state index < -0.39 is 4.92 Å². The van der Waals surface area contributed by atoms with Crippen molar-refractivity contribution in [2.75, 3.05) is 23.7 Å². The summed E-state index contributed by atoms with van der Waals surface area (Å²) in [5, 5.41) is 20.1. The fourth-order valence-electron chi connectivity index (χ4n) is 2.77. The number of nitrogens with zero attached hydrogens (tertiary/aromatic N) is 4. The minimum atomic E-state index is -0.527. The maximum atomic E-state index is 10.8. The van der Waals surface area contributed by atoms with Gasteiger partial charge >= 0.3 is 0 Å². The number of nitriles is 1. The molecule has 1 atom stereocenters. The molecule has 0 radical (unpaired) electrons. The number of pyridine rings is 1. The van der Waals surface area contributed by atoms with Crippen LogP contribution in [0.25, 0.3) is 0 Å². The zero-order chi connectivity index (χ0) is 16.9. The van der Waals surface area contributed by atoms with Gasteiger partial charge in [0.15, 0.2) is 0 Å². The van der Waals surface area contributed by atoms with Crippen molar-refractivity contribution in [2.45, 2.75) is 11.3 Å². The maximum Gasteiger partial charge on any atom is 0.289 e. The second kappa shape index (κ2) is 7.32. The standard InChI is InChI=1S/C17H16N4O2S/c18-9-14-8-15(21(22)23)10-19-17(14)20-7-6-13(11-20)12-24-16-4-2-1-3-5-16/h1-5,8,10,13H,6-7,11-12H2/t13-/m1/s1. The van der Waals surface area contributed by atoms with Crippen molar-refractivity contribution in [1.29, 1.82) is 5.26 Å². The molecule has 0 saturated carbocycles. The first kappa shape index (κ1) is 16.3. The minimum absolute atomic E-state index is 0.148. The molecule has 3 rings (SSSR count). The number of aromatic nitrogens is 1. The molecule has 7 heteroatoms. The predicted molar refractivity (Wildman–Crippen MR) is 93.1 cm³/mol. The van der Waals surface area contributed by atoms with Gasteiger partial charge in [-0.2, -0.15) is 5.26 Å². The van der Waals surface area contributed by atoms with Crippen molar-refractivity contribution in [3.8, 4) is 6.07 Å². The highest BCUT2D eigenvalue weighted by molar-refractivity contribution is 7.99. The Bertz CT molecular complexity index is 776. The molecule has 0 unspecified atom stereocenters. The second-order valence-corrected chi connectivity index (χ2v) is 6.75. The zero-order valence-electron chi connectivity index (χ0n) is 13.0. The van der Waals surface area contributed by atoms with Crippen molar-refractivity contribution in [1.82, 2.24) is 4.98 Å². The molecular weight excluding hydrogens is 324 g/mol. The molecule has 24 heavy (non-hydrogen) atoms. The Morgan fingerprint density at radius 3 is 2.92 bits per heavy atom. The quantitative estimate of drug-likeness (QED) is 0.471. The topological polar surface area (TPSA) is 83.1 Å². The van der Waals surface area contributed by atoms with Gasteiger partial charge in [-0.3, -0.25) is 10.1 Å². The summed E-state index contributed by atoms with van der Waals surface area (Å²) < 4.78 is 0. The molecule has 6 nitrogen and oxygen atoms in total. The molecule has 0 N–H and O–H groups in total. The lowest BCUT2D eigenvalue weighted by molar-refractivity contribution is -0.385. The van der Waals surface area contributed by atoms with Gasteiger partial charge in [0.25, 0.3) is 5.69 Å². The molecule has 1 saturated heterocycles. The fraction of sp³-hybridized carbons (Fsp3) is 0.294. The molecular formula is C17H16N4O2S. The van der Waals surface area contributed by atoms with Crippen molar-refractivity contribution >= 4 is 23.3 Å². The Morgan fingerprint density at radius 1 is 1.42 bits per heavy atom. The lowest BCUT2D eigenvalue weighted by Gasteiger charge is -2.18. The summed E-state index contributed by atoms with van der Waals surface area (Å²) >= 11 is 1.83. The summed E-state index contributed by atoms with van der Waals surface area (Å²) in [7, 11) is 0. The van der Waals surface area contributed by atoms with Crippen LogP contribution in [0.3, 0.4) is 0 Å². The van der Waals surface area contributed by atoms with Crippen LogP contribution in [-0.4, -0.2) is 28.7 Å². The Balaban J connectivity index is 1.65. The number of thioether (sulfide) groups is 1. The zero-order valence-corrected chi connectivity index (χ0v) is 13.8. The van der Waals surface area contributed by atoms with Crippen molar-refractivity contribution in [3.63, 3.8) is 0 Å². The van der Waals surface area contributed by atoms with Gasteiger partial charge in [0.2, 0.25) is 0 Å². The highest BCUT2D eigenvalue weighted by atomic mass is 32.2. The third-order valence-corrected chi connectivity index (χ3v) is 5.24. The monoisotopic (exact) mass is 340 g/mol. The number of rotatable bonds is 5. The van der Waals surface area contributed by atoms with E-state index in [0.29, 0.717) is 11.7 Å². The predicted octanol–water partition coefficient (Wildman–Crippen LogP) is 3.48. The Morgan fingerprint density at radius 2 is 2.21 bits per heavy atom. The van der Waals surface area contributed by atoms with Crippen molar-refractivity contribution < 1.29 is 4.92 Å². The van der Waals surface area contributed by atoms with E-state index >= 15 is 0 Å². The van der Waals surface area contributed by atoms with E-state index in [2.05, 4.69) is 22.0 Å². The van der Waals surface area contributed by atoms with Gasteiger partial charge in [0.05, 0.1) is 4.92 Å². The third kappa shape index (κ3) is 3.66. The molecule has 1 aliphatic heterocycles. The largest absolute Gasteiger partial charge is 0.355 e. The van der Waals surface area contributed by atoms with Crippen LogP contribution in [0.2, 0.25) is 0 Å². The molecule has 122 valence electrons. The second-order valence-electron chi connectivity index (χ2n) is 5.66. The lowest BCUT2D eigenvalue weighted by atomic mass is 10.2. The average molecular weight is 340 g/mol. The number of anilines is 1. The van der Waals surface area contributed by atoms with Crippen LogP contribution < -0.4 is 4.90 Å². The highest BCUT2D eigenvalue weighted by Crippen LogP contribution is 2.30. The summed E-state index contributed by atoms with van der Waals surface area (Å²) in [5.74, 6) is 2.07. The molecule has 1 aromatic heterocycles. The Labute approximate surface area is 144 Å². The third-order valence-electron chi connectivity index (χ3n) is 4.00. The van der Waals surface area contributed by atoms with Gasteiger partial charge < -0.3 is 4.90 Å². The van der Waals surface area contributed by atoms with Crippen molar-refractivity contribution in [2.24, 2.45) is 5.92 Å². The molecule has 0 spiro atoms. The SMILES string of the molecule is N#Cc1cc([N+](=O)[O-])cnc1N1CC[C@@H](CSc2ccccc2)C1. The summed E-state index contributed by atoms with van der Waals surface area (Å²) in [6.45, 7) is 1.64. The van der Waals surface area contributed by atoms with Crippen LogP contribution in [0.1, 0.15) is 12.0 Å². The van der Waals surface area contributed by atoms with Gasteiger partial charge in [-0.05, 0) is 24.5 Å². The van der Waals surface area contributed by atoms with Gasteiger partial charge in [-0.1, -0.05) is 18.2 Å². The van der Waals surface area contributed by atoms with Crippen LogP contribution in [0.15, 0.2) is 47.5 Å². The fourth-order valence-corrected chi connectivity index (χ4v) is 3.82. The first-order chi connectivity index (χ1) is 11.7. The van der Waals surface area contributed by atoms with Crippen LogP contribution in [0, 0.1) is 27.4 Å². The first-order valence-electron chi connectivity index (χ1n) is 7.64. The van der Waals surface area contributed by atoms with Crippen molar-refractivity contribution in [3.05, 3.63) is 58.3 Å². The first-order valence-corrected chi connectivity index (χ1v) is 8.63. The number of hydrogen-bond donors (Lipinski definition) is 0. The van der Waals surface area contributed by atoms with Crippen LogP contribution in [0.5, 0.6) is 0 Å². The molecule has 0 aliphatic carbocycles. The summed E-state index contributed by atoms with van der Waals surface area (Å²) in [5.41, 5.74) is 0.117. The highest BCUT2D eigenvalue weighted by Gasteiger charge is 2.26. The summed E-state index contributed by atoms with van der Waals surface area (Å²) in [6.07, 6.45) is 2.26.